The lowest BCUT2D eigenvalue weighted by atomic mass is 9.77. The van der Waals surface area contributed by atoms with Gasteiger partial charge >= 0.3 is 0 Å². The predicted molar refractivity (Wildman–Crippen MR) is 52.4 cm³/mol. The number of thiol groups is 1. The normalized spacial score (nSPS) is 20.1. The third-order valence-electron chi connectivity index (χ3n) is 2.37. The number of hydrogen-bond donors (Lipinski definition) is 1. The molecule has 3 heteroatoms. The highest BCUT2D eigenvalue weighted by molar-refractivity contribution is 7.80. The molecule has 0 bridgehead atoms. The fourth-order valence-corrected chi connectivity index (χ4v) is 2.05. The first-order valence-electron chi connectivity index (χ1n) is 4.33. The van der Waals surface area contributed by atoms with Crippen LogP contribution in [-0.4, -0.2) is 5.78 Å². The standard InChI is InChI=1S/C10H12O2S/c1-10(2)4-7(11)6-3-9(13)12-8(6)5-10/h3,13H,4-5H2,1-2H3. The van der Waals surface area contributed by atoms with Crippen LogP contribution in [0.25, 0.3) is 0 Å². The average molecular weight is 196 g/mol. The van der Waals surface area contributed by atoms with Crippen molar-refractivity contribution >= 4 is 18.4 Å². The van der Waals surface area contributed by atoms with Gasteiger partial charge in [0.1, 0.15) is 5.76 Å². The van der Waals surface area contributed by atoms with Gasteiger partial charge in [-0.15, -0.1) is 12.6 Å². The van der Waals surface area contributed by atoms with Crippen LogP contribution in [0.1, 0.15) is 36.4 Å². The van der Waals surface area contributed by atoms with E-state index in [4.69, 9.17) is 4.42 Å². The number of carbonyl (C=O) groups excluding carboxylic acids is 1. The second kappa shape index (κ2) is 2.64. The summed E-state index contributed by atoms with van der Waals surface area (Å²) in [5.41, 5.74) is 0.756. The van der Waals surface area contributed by atoms with Crippen LogP contribution >= 0.6 is 12.6 Å². The Morgan fingerprint density at radius 1 is 1.46 bits per heavy atom. The third kappa shape index (κ3) is 1.53. The molecule has 1 aliphatic carbocycles. The van der Waals surface area contributed by atoms with E-state index in [0.29, 0.717) is 11.5 Å². The fraction of sp³-hybridized carbons (Fsp3) is 0.500. The van der Waals surface area contributed by atoms with E-state index < -0.39 is 0 Å². The molecule has 2 rings (SSSR count). The zero-order valence-corrected chi connectivity index (χ0v) is 8.65. The van der Waals surface area contributed by atoms with Gasteiger partial charge in [0.15, 0.2) is 10.9 Å². The molecule has 1 aromatic heterocycles. The van der Waals surface area contributed by atoms with Gasteiger partial charge < -0.3 is 4.42 Å². The van der Waals surface area contributed by atoms with Gasteiger partial charge in [0.2, 0.25) is 0 Å². The Morgan fingerprint density at radius 3 is 2.85 bits per heavy atom. The number of rotatable bonds is 0. The summed E-state index contributed by atoms with van der Waals surface area (Å²) in [6, 6.07) is 1.72. The molecule has 0 aliphatic heterocycles. The molecule has 0 saturated carbocycles. The summed E-state index contributed by atoms with van der Waals surface area (Å²) in [5, 5.41) is 0.538. The van der Waals surface area contributed by atoms with Crippen molar-refractivity contribution < 1.29 is 9.21 Å². The molecule has 0 atom stereocenters. The summed E-state index contributed by atoms with van der Waals surface area (Å²) >= 11 is 4.09. The molecule has 0 amide bonds. The Morgan fingerprint density at radius 2 is 2.15 bits per heavy atom. The molecule has 0 aromatic carbocycles. The van der Waals surface area contributed by atoms with Crippen molar-refractivity contribution in [3.05, 3.63) is 17.4 Å². The van der Waals surface area contributed by atoms with Crippen molar-refractivity contribution in [3.8, 4) is 0 Å². The first kappa shape index (κ1) is 8.88. The van der Waals surface area contributed by atoms with Crippen molar-refractivity contribution in [2.45, 2.75) is 31.8 Å². The second-order valence-corrected chi connectivity index (χ2v) is 4.80. The van der Waals surface area contributed by atoms with Crippen LogP contribution in [0.15, 0.2) is 15.6 Å². The second-order valence-electron chi connectivity index (χ2n) is 4.36. The number of hydrogen-bond acceptors (Lipinski definition) is 3. The summed E-state index contributed by atoms with van der Waals surface area (Å²) in [5.74, 6) is 0.974. The molecule has 1 heterocycles. The van der Waals surface area contributed by atoms with Crippen LogP contribution < -0.4 is 0 Å². The molecule has 0 N–H and O–H groups in total. The van der Waals surface area contributed by atoms with Crippen LogP contribution in [0, 0.1) is 5.41 Å². The Labute approximate surface area is 82.7 Å². The van der Waals surface area contributed by atoms with E-state index in [9.17, 15) is 4.79 Å². The first-order chi connectivity index (χ1) is 5.98. The van der Waals surface area contributed by atoms with Crippen LogP contribution in [0.3, 0.4) is 0 Å². The van der Waals surface area contributed by atoms with Crippen molar-refractivity contribution in [1.82, 2.24) is 0 Å². The highest BCUT2D eigenvalue weighted by Gasteiger charge is 2.33. The van der Waals surface area contributed by atoms with Crippen LogP contribution in [0.2, 0.25) is 0 Å². The van der Waals surface area contributed by atoms with E-state index >= 15 is 0 Å². The minimum atomic E-state index is 0.0299. The Balaban J connectivity index is 2.48. The fourth-order valence-electron chi connectivity index (χ4n) is 1.81. The van der Waals surface area contributed by atoms with Crippen molar-refractivity contribution in [3.63, 3.8) is 0 Å². The third-order valence-corrected chi connectivity index (χ3v) is 2.60. The monoisotopic (exact) mass is 196 g/mol. The SMILES string of the molecule is CC1(C)CC(=O)c2cc(S)oc2C1. The molecule has 2 nitrogen and oxygen atoms in total. The summed E-state index contributed by atoms with van der Waals surface area (Å²) in [6.07, 6.45) is 1.43. The number of carbonyl (C=O) groups is 1. The van der Waals surface area contributed by atoms with Crippen LogP contribution in [0.4, 0.5) is 0 Å². The molecular formula is C10H12O2S. The quantitative estimate of drug-likeness (QED) is 0.647. The van der Waals surface area contributed by atoms with Crippen LogP contribution in [0.5, 0.6) is 0 Å². The highest BCUT2D eigenvalue weighted by atomic mass is 32.1. The van der Waals surface area contributed by atoms with Gasteiger partial charge in [0.05, 0.1) is 5.56 Å². The topological polar surface area (TPSA) is 30.2 Å². The Hall–Kier alpha value is -0.700. The first-order valence-corrected chi connectivity index (χ1v) is 4.77. The predicted octanol–water partition coefficient (Wildman–Crippen LogP) is 2.72. The van der Waals surface area contributed by atoms with Crippen molar-refractivity contribution in [2.24, 2.45) is 5.41 Å². The molecule has 0 fully saturated rings. The number of ketones is 1. The zero-order chi connectivity index (χ0) is 9.64. The van der Waals surface area contributed by atoms with Gasteiger partial charge in [-0.05, 0) is 5.41 Å². The molecule has 70 valence electrons. The molecule has 0 radical (unpaired) electrons. The smallest absolute Gasteiger partial charge is 0.166 e. The van der Waals surface area contributed by atoms with Gasteiger partial charge in [-0.2, -0.15) is 0 Å². The van der Waals surface area contributed by atoms with Gasteiger partial charge in [-0.1, -0.05) is 13.8 Å². The number of fused-ring (bicyclic) bond motifs is 1. The van der Waals surface area contributed by atoms with E-state index in [0.717, 1.165) is 17.7 Å². The molecule has 1 aliphatic rings. The summed E-state index contributed by atoms with van der Waals surface area (Å²) < 4.78 is 5.36. The van der Waals surface area contributed by atoms with E-state index in [2.05, 4.69) is 26.5 Å². The largest absolute Gasteiger partial charge is 0.454 e. The molecule has 1 aromatic rings. The van der Waals surface area contributed by atoms with E-state index in [1.165, 1.54) is 0 Å². The van der Waals surface area contributed by atoms with E-state index in [-0.39, 0.29) is 11.2 Å². The van der Waals surface area contributed by atoms with Crippen LogP contribution in [-0.2, 0) is 6.42 Å². The minimum absolute atomic E-state index is 0.0299. The van der Waals surface area contributed by atoms with Gasteiger partial charge in [-0.3, -0.25) is 4.79 Å². The molecule has 0 unspecified atom stereocenters. The summed E-state index contributed by atoms with van der Waals surface area (Å²) in [6.45, 7) is 4.16. The van der Waals surface area contributed by atoms with Gasteiger partial charge in [0.25, 0.3) is 0 Å². The van der Waals surface area contributed by atoms with E-state index in [1.807, 2.05) is 0 Å². The van der Waals surface area contributed by atoms with Gasteiger partial charge in [-0.25, -0.2) is 0 Å². The van der Waals surface area contributed by atoms with Crippen molar-refractivity contribution in [2.75, 3.05) is 0 Å². The summed E-state index contributed by atoms with van der Waals surface area (Å²) in [4.78, 5) is 11.6. The minimum Gasteiger partial charge on any atom is -0.454 e. The molecule has 0 saturated heterocycles. The molecular weight excluding hydrogens is 184 g/mol. The summed E-state index contributed by atoms with van der Waals surface area (Å²) in [7, 11) is 0. The van der Waals surface area contributed by atoms with Crippen molar-refractivity contribution in [1.29, 1.82) is 0 Å². The average Bonchev–Trinajstić information content (AvgIpc) is 2.27. The maximum absolute atomic E-state index is 11.6. The lowest BCUT2D eigenvalue weighted by molar-refractivity contribution is 0.0903. The zero-order valence-electron chi connectivity index (χ0n) is 7.76. The number of Topliss-reactive ketones (excluding diaryl/α,β-unsaturated/α-hetero) is 1. The molecule has 13 heavy (non-hydrogen) atoms. The highest BCUT2D eigenvalue weighted by Crippen LogP contribution is 2.36. The molecule has 0 spiro atoms. The maximum Gasteiger partial charge on any atom is 0.166 e. The maximum atomic E-state index is 11.6. The number of furan rings is 1. The lowest BCUT2D eigenvalue weighted by Crippen LogP contribution is -2.25. The van der Waals surface area contributed by atoms with E-state index in [1.54, 1.807) is 6.07 Å². The lowest BCUT2D eigenvalue weighted by Gasteiger charge is -2.26. The Kier molecular flexibility index (Phi) is 1.80. The van der Waals surface area contributed by atoms with Gasteiger partial charge in [0, 0.05) is 18.9 Å². The Bertz CT molecular complexity index is 363.